The Morgan fingerprint density at radius 2 is 1.95 bits per heavy atom. The molecule has 0 spiro atoms. The van der Waals surface area contributed by atoms with Gasteiger partial charge in [-0.25, -0.2) is 4.79 Å². The molecule has 2 aromatic rings. The van der Waals surface area contributed by atoms with Crippen LogP contribution >= 0.6 is 0 Å². The van der Waals surface area contributed by atoms with E-state index in [0.29, 0.717) is 17.8 Å². The highest BCUT2D eigenvalue weighted by molar-refractivity contribution is 5.91. The van der Waals surface area contributed by atoms with Crippen molar-refractivity contribution in [3.8, 4) is 0 Å². The molecule has 0 saturated carbocycles. The predicted molar refractivity (Wildman–Crippen MR) is 68.1 cm³/mol. The van der Waals surface area contributed by atoms with Crippen LogP contribution in [0.3, 0.4) is 0 Å². The van der Waals surface area contributed by atoms with Crippen LogP contribution in [-0.2, 0) is 11.3 Å². The number of esters is 1. The molecule has 2 aromatic heterocycles. The van der Waals surface area contributed by atoms with Crippen molar-refractivity contribution >= 4 is 5.97 Å². The van der Waals surface area contributed by atoms with Gasteiger partial charge < -0.3 is 9.26 Å². The van der Waals surface area contributed by atoms with Gasteiger partial charge >= 0.3 is 5.97 Å². The molecule has 0 unspecified atom stereocenters. The molecule has 19 heavy (non-hydrogen) atoms. The summed E-state index contributed by atoms with van der Waals surface area (Å²) in [6, 6.07) is 0. The normalized spacial score (nSPS) is 10.8. The number of carbonyl (C=O) groups is 1. The number of ether oxygens (including phenoxy) is 1. The third kappa shape index (κ3) is 2.25. The lowest BCUT2D eigenvalue weighted by Crippen LogP contribution is -2.08. The molecule has 0 fully saturated rings. The summed E-state index contributed by atoms with van der Waals surface area (Å²) < 4.78 is 11.7. The Hall–Kier alpha value is -2.11. The lowest BCUT2D eigenvalue weighted by atomic mass is 10.2. The Morgan fingerprint density at radius 3 is 2.47 bits per heavy atom. The van der Waals surface area contributed by atoms with E-state index in [0.717, 1.165) is 22.7 Å². The minimum Gasteiger partial charge on any atom is -0.465 e. The molecule has 0 aliphatic rings. The van der Waals surface area contributed by atoms with Gasteiger partial charge in [0.15, 0.2) is 0 Å². The summed E-state index contributed by atoms with van der Waals surface area (Å²) in [6.45, 7) is 7.93. The summed E-state index contributed by atoms with van der Waals surface area (Å²) >= 11 is 0. The lowest BCUT2D eigenvalue weighted by molar-refractivity contribution is 0.0599. The van der Waals surface area contributed by atoms with Crippen LogP contribution in [0.5, 0.6) is 0 Å². The first-order chi connectivity index (χ1) is 8.95. The van der Waals surface area contributed by atoms with E-state index in [1.165, 1.54) is 7.11 Å². The Labute approximate surface area is 111 Å². The first-order valence-corrected chi connectivity index (χ1v) is 5.99. The third-order valence-corrected chi connectivity index (χ3v) is 3.26. The number of methoxy groups -OCH3 is 1. The van der Waals surface area contributed by atoms with Crippen molar-refractivity contribution in [1.82, 2.24) is 14.9 Å². The van der Waals surface area contributed by atoms with Crippen LogP contribution in [0, 0.1) is 27.7 Å². The van der Waals surface area contributed by atoms with E-state index < -0.39 is 0 Å². The second kappa shape index (κ2) is 4.87. The molecule has 0 aromatic carbocycles. The molecule has 2 rings (SSSR count). The largest absolute Gasteiger partial charge is 0.465 e. The van der Waals surface area contributed by atoms with E-state index in [2.05, 4.69) is 10.3 Å². The zero-order valence-electron chi connectivity index (χ0n) is 11.8. The van der Waals surface area contributed by atoms with Gasteiger partial charge in [-0.1, -0.05) is 5.16 Å². The Morgan fingerprint density at radius 1 is 1.26 bits per heavy atom. The number of aromatic nitrogens is 3. The maximum Gasteiger partial charge on any atom is 0.341 e. The zero-order chi connectivity index (χ0) is 14.2. The number of rotatable bonds is 3. The highest BCUT2D eigenvalue weighted by Gasteiger charge is 2.20. The van der Waals surface area contributed by atoms with E-state index in [9.17, 15) is 4.79 Å². The van der Waals surface area contributed by atoms with E-state index in [1.807, 2.05) is 20.8 Å². The van der Waals surface area contributed by atoms with Crippen molar-refractivity contribution in [3.63, 3.8) is 0 Å². The van der Waals surface area contributed by atoms with Crippen molar-refractivity contribution in [1.29, 1.82) is 0 Å². The van der Waals surface area contributed by atoms with Crippen LogP contribution in [0.15, 0.2) is 4.52 Å². The monoisotopic (exact) mass is 263 g/mol. The van der Waals surface area contributed by atoms with Crippen LogP contribution in [0.25, 0.3) is 0 Å². The van der Waals surface area contributed by atoms with Crippen molar-refractivity contribution in [2.75, 3.05) is 7.11 Å². The molecule has 0 aliphatic heterocycles. The molecule has 0 bridgehead atoms. The molecule has 0 aliphatic carbocycles. The second-order valence-electron chi connectivity index (χ2n) is 4.50. The molecular weight excluding hydrogens is 246 g/mol. The molecule has 102 valence electrons. The standard InChI is InChI=1S/C13H17N3O3/c1-7-11(10(4)19-15-7)6-16-9(3)12(8(2)14-16)13(17)18-5/h6H2,1-5H3. The quantitative estimate of drug-likeness (QED) is 0.791. The third-order valence-electron chi connectivity index (χ3n) is 3.26. The lowest BCUT2D eigenvalue weighted by Gasteiger charge is -2.04. The molecule has 2 heterocycles. The highest BCUT2D eigenvalue weighted by atomic mass is 16.5. The Balaban J connectivity index is 2.40. The fraction of sp³-hybridized carbons (Fsp3) is 0.462. The number of hydrogen-bond donors (Lipinski definition) is 0. The molecule has 0 atom stereocenters. The van der Waals surface area contributed by atoms with Gasteiger partial charge in [-0.05, 0) is 27.7 Å². The minimum absolute atomic E-state index is 0.361. The molecular formula is C13H17N3O3. The molecule has 0 radical (unpaired) electrons. The average Bonchev–Trinajstić information content (AvgIpc) is 2.83. The first-order valence-electron chi connectivity index (χ1n) is 5.99. The SMILES string of the molecule is COC(=O)c1c(C)nn(Cc2c(C)noc2C)c1C. The number of nitrogens with zero attached hydrogens (tertiary/aromatic N) is 3. The molecule has 0 amide bonds. The minimum atomic E-state index is -0.361. The number of aryl methyl sites for hydroxylation is 3. The van der Waals surface area contributed by atoms with Gasteiger partial charge in [-0.15, -0.1) is 0 Å². The Bertz CT molecular complexity index is 606. The maximum atomic E-state index is 11.7. The van der Waals surface area contributed by atoms with Gasteiger partial charge in [0.05, 0.1) is 30.7 Å². The van der Waals surface area contributed by atoms with E-state index in [1.54, 1.807) is 11.6 Å². The van der Waals surface area contributed by atoms with E-state index >= 15 is 0 Å². The van der Waals surface area contributed by atoms with Gasteiger partial charge in [0.2, 0.25) is 0 Å². The van der Waals surface area contributed by atoms with Crippen molar-refractivity contribution in [2.24, 2.45) is 0 Å². The summed E-state index contributed by atoms with van der Waals surface area (Å²) in [4.78, 5) is 11.7. The van der Waals surface area contributed by atoms with Crippen LogP contribution in [0.4, 0.5) is 0 Å². The molecule has 6 nitrogen and oxygen atoms in total. The van der Waals surface area contributed by atoms with Gasteiger partial charge in [0.1, 0.15) is 11.3 Å². The van der Waals surface area contributed by atoms with Crippen molar-refractivity contribution in [3.05, 3.63) is 34.0 Å². The maximum absolute atomic E-state index is 11.7. The van der Waals surface area contributed by atoms with Gasteiger partial charge in [0, 0.05) is 5.56 Å². The van der Waals surface area contributed by atoms with Gasteiger partial charge in [-0.2, -0.15) is 5.10 Å². The van der Waals surface area contributed by atoms with Crippen LogP contribution in [0.2, 0.25) is 0 Å². The van der Waals surface area contributed by atoms with Crippen LogP contribution in [0.1, 0.15) is 38.8 Å². The number of hydrogen-bond acceptors (Lipinski definition) is 5. The topological polar surface area (TPSA) is 70.2 Å². The van der Waals surface area contributed by atoms with Crippen molar-refractivity contribution < 1.29 is 14.1 Å². The van der Waals surface area contributed by atoms with Crippen molar-refractivity contribution in [2.45, 2.75) is 34.2 Å². The summed E-state index contributed by atoms with van der Waals surface area (Å²) in [5.74, 6) is 0.407. The van der Waals surface area contributed by atoms with Gasteiger partial charge in [0.25, 0.3) is 0 Å². The van der Waals surface area contributed by atoms with Crippen LogP contribution in [-0.4, -0.2) is 28.0 Å². The fourth-order valence-corrected chi connectivity index (χ4v) is 2.13. The highest BCUT2D eigenvalue weighted by Crippen LogP contribution is 2.18. The molecule has 6 heteroatoms. The molecule has 0 N–H and O–H groups in total. The molecule has 0 saturated heterocycles. The van der Waals surface area contributed by atoms with E-state index in [-0.39, 0.29) is 5.97 Å². The predicted octanol–water partition coefficient (Wildman–Crippen LogP) is 1.94. The summed E-state index contributed by atoms with van der Waals surface area (Å²) in [7, 11) is 1.37. The van der Waals surface area contributed by atoms with Gasteiger partial charge in [-0.3, -0.25) is 4.68 Å². The van der Waals surface area contributed by atoms with E-state index in [4.69, 9.17) is 9.26 Å². The smallest absolute Gasteiger partial charge is 0.341 e. The number of carbonyl (C=O) groups excluding carboxylic acids is 1. The Kier molecular flexibility index (Phi) is 3.42. The average molecular weight is 263 g/mol. The summed E-state index contributed by atoms with van der Waals surface area (Å²) in [5, 5.41) is 8.30. The fourth-order valence-electron chi connectivity index (χ4n) is 2.13. The van der Waals surface area contributed by atoms with Crippen LogP contribution < -0.4 is 0 Å². The second-order valence-corrected chi connectivity index (χ2v) is 4.50. The summed E-state index contributed by atoms with van der Waals surface area (Å²) in [5.41, 5.74) is 3.79. The zero-order valence-corrected chi connectivity index (χ0v) is 11.8. The first kappa shape index (κ1) is 13.3. The summed E-state index contributed by atoms with van der Waals surface area (Å²) in [6.07, 6.45) is 0.